The van der Waals surface area contributed by atoms with Crippen LogP contribution in [0, 0.1) is 23.2 Å². The molecule has 2 fully saturated rings. The van der Waals surface area contributed by atoms with Gasteiger partial charge in [0, 0.05) is 0 Å². The van der Waals surface area contributed by atoms with E-state index in [0.29, 0.717) is 11.2 Å². The summed E-state index contributed by atoms with van der Waals surface area (Å²) in [5.41, 5.74) is 3.58. The molecule has 1 aromatic carbocycles. The molecule has 22 heavy (non-hydrogen) atoms. The van der Waals surface area contributed by atoms with Gasteiger partial charge >= 0.3 is 0 Å². The normalized spacial score (nSPS) is 39.1. The van der Waals surface area contributed by atoms with E-state index in [1.54, 1.807) is 5.56 Å². The largest absolute Gasteiger partial charge is 0.508 e. The Hall–Kier alpha value is -0.980. The number of benzene rings is 1. The van der Waals surface area contributed by atoms with Crippen LogP contribution < -0.4 is 0 Å². The Labute approximate surface area is 136 Å². The lowest BCUT2D eigenvalue weighted by Crippen LogP contribution is -2.41. The third kappa shape index (κ3) is 2.28. The molecule has 0 heterocycles. The standard InChI is InChI=1S/C19H26O.C2H6/c1-12-3-8-18-17-6-4-13-11-14(20)5-7-15(13)16(17)9-10-19(12,18)2;1-2/h5,7,11-12,16-18,20H,3-4,6,8-10H2,1-2H3;1-2H3/t12-,16?,17?,18?,19+;/m0./s1. The molecule has 0 bridgehead atoms. The SMILES string of the molecule is CC.C[C@H]1CCC2C3CCc4cc(O)ccc4C3CC[C@@]21C. The molecule has 5 atom stereocenters. The zero-order valence-electron chi connectivity index (χ0n) is 14.7. The fourth-order valence-corrected chi connectivity index (χ4v) is 5.83. The number of aromatic hydroxyl groups is 1. The van der Waals surface area contributed by atoms with E-state index in [0.717, 1.165) is 23.7 Å². The van der Waals surface area contributed by atoms with Gasteiger partial charge in [-0.1, -0.05) is 33.8 Å². The van der Waals surface area contributed by atoms with Crippen LogP contribution >= 0.6 is 0 Å². The highest BCUT2D eigenvalue weighted by Gasteiger charge is 2.53. The molecule has 2 saturated carbocycles. The first-order valence-electron chi connectivity index (χ1n) is 9.41. The van der Waals surface area contributed by atoms with Crippen molar-refractivity contribution in [3.8, 4) is 5.75 Å². The summed E-state index contributed by atoms with van der Waals surface area (Å²) < 4.78 is 0. The molecule has 0 saturated heterocycles. The van der Waals surface area contributed by atoms with Crippen molar-refractivity contribution in [1.29, 1.82) is 0 Å². The van der Waals surface area contributed by atoms with E-state index >= 15 is 0 Å². The Kier molecular flexibility index (Phi) is 4.27. The molecule has 1 heteroatoms. The van der Waals surface area contributed by atoms with Crippen LogP contribution in [0.2, 0.25) is 0 Å². The molecule has 0 aromatic heterocycles. The molecule has 1 aromatic rings. The first-order chi connectivity index (χ1) is 10.6. The number of hydrogen-bond donors (Lipinski definition) is 1. The molecule has 1 nitrogen and oxygen atoms in total. The van der Waals surface area contributed by atoms with Gasteiger partial charge in [0.05, 0.1) is 0 Å². The van der Waals surface area contributed by atoms with Gasteiger partial charge < -0.3 is 5.11 Å². The number of aryl methyl sites for hydroxylation is 1. The topological polar surface area (TPSA) is 20.2 Å². The van der Waals surface area contributed by atoms with Gasteiger partial charge in [-0.25, -0.2) is 0 Å². The highest BCUT2D eigenvalue weighted by atomic mass is 16.3. The van der Waals surface area contributed by atoms with E-state index < -0.39 is 0 Å². The maximum Gasteiger partial charge on any atom is 0.115 e. The fraction of sp³-hybridized carbons (Fsp3) is 0.714. The van der Waals surface area contributed by atoms with Gasteiger partial charge in [0.25, 0.3) is 0 Å². The van der Waals surface area contributed by atoms with Gasteiger partial charge in [0.1, 0.15) is 5.75 Å². The zero-order valence-corrected chi connectivity index (χ0v) is 14.7. The van der Waals surface area contributed by atoms with Crippen molar-refractivity contribution in [2.24, 2.45) is 23.2 Å². The fourth-order valence-electron chi connectivity index (χ4n) is 5.83. The van der Waals surface area contributed by atoms with Crippen molar-refractivity contribution in [3.63, 3.8) is 0 Å². The van der Waals surface area contributed by atoms with Crippen LogP contribution in [0.3, 0.4) is 0 Å². The van der Waals surface area contributed by atoms with Gasteiger partial charge in [-0.2, -0.15) is 0 Å². The van der Waals surface area contributed by atoms with Crippen LogP contribution in [-0.4, -0.2) is 5.11 Å². The van der Waals surface area contributed by atoms with Crippen molar-refractivity contribution in [1.82, 2.24) is 0 Å². The van der Waals surface area contributed by atoms with Crippen LogP contribution in [0.5, 0.6) is 5.75 Å². The molecule has 0 aliphatic heterocycles. The number of hydrogen-bond acceptors (Lipinski definition) is 1. The monoisotopic (exact) mass is 300 g/mol. The number of fused-ring (bicyclic) bond motifs is 5. The van der Waals surface area contributed by atoms with Crippen molar-refractivity contribution in [2.45, 2.75) is 72.1 Å². The molecule has 3 unspecified atom stereocenters. The molecule has 3 aliphatic rings. The van der Waals surface area contributed by atoms with E-state index in [4.69, 9.17) is 0 Å². The summed E-state index contributed by atoms with van der Waals surface area (Å²) in [5, 5.41) is 9.71. The van der Waals surface area contributed by atoms with Crippen molar-refractivity contribution in [2.75, 3.05) is 0 Å². The molecule has 3 aliphatic carbocycles. The minimum atomic E-state index is 0.442. The second-order valence-corrected chi connectivity index (χ2v) is 7.82. The minimum Gasteiger partial charge on any atom is -0.508 e. The first kappa shape index (κ1) is 15.9. The van der Waals surface area contributed by atoms with Crippen molar-refractivity contribution in [3.05, 3.63) is 29.3 Å². The quantitative estimate of drug-likeness (QED) is 0.631. The van der Waals surface area contributed by atoms with Crippen LogP contribution in [-0.2, 0) is 6.42 Å². The molecule has 4 rings (SSSR count). The lowest BCUT2D eigenvalue weighted by molar-refractivity contribution is 0.0336. The third-order valence-electron chi connectivity index (χ3n) is 7.18. The summed E-state index contributed by atoms with van der Waals surface area (Å²) in [7, 11) is 0. The number of phenolic OH excluding ortho intramolecular Hbond substituents is 1. The van der Waals surface area contributed by atoms with E-state index in [-0.39, 0.29) is 0 Å². The van der Waals surface area contributed by atoms with E-state index in [1.165, 1.54) is 44.1 Å². The molecule has 122 valence electrons. The molecule has 0 radical (unpaired) electrons. The lowest BCUT2D eigenvalue weighted by atomic mass is 9.54. The Morgan fingerprint density at radius 3 is 2.64 bits per heavy atom. The van der Waals surface area contributed by atoms with Crippen LogP contribution in [0.25, 0.3) is 0 Å². The predicted octanol–water partition coefficient (Wildman–Crippen LogP) is 5.91. The maximum atomic E-state index is 9.71. The Morgan fingerprint density at radius 1 is 1.09 bits per heavy atom. The van der Waals surface area contributed by atoms with Crippen LogP contribution in [0.1, 0.15) is 76.8 Å². The zero-order chi connectivity index (χ0) is 15.9. The highest BCUT2D eigenvalue weighted by Crippen LogP contribution is 2.62. The smallest absolute Gasteiger partial charge is 0.115 e. The van der Waals surface area contributed by atoms with Gasteiger partial charge in [-0.3, -0.25) is 0 Å². The molecule has 1 N–H and O–H groups in total. The maximum absolute atomic E-state index is 9.71. The molecule has 0 spiro atoms. The average Bonchev–Trinajstić information content (AvgIpc) is 2.84. The third-order valence-corrected chi connectivity index (χ3v) is 7.18. The summed E-state index contributed by atoms with van der Waals surface area (Å²) >= 11 is 0. The second-order valence-electron chi connectivity index (χ2n) is 7.82. The van der Waals surface area contributed by atoms with Gasteiger partial charge in [-0.15, -0.1) is 0 Å². The predicted molar refractivity (Wildman–Crippen MR) is 93.2 cm³/mol. The number of rotatable bonds is 0. The van der Waals surface area contributed by atoms with Crippen molar-refractivity contribution >= 4 is 0 Å². The lowest BCUT2D eigenvalue weighted by Gasteiger charge is -2.50. The Morgan fingerprint density at radius 2 is 1.86 bits per heavy atom. The summed E-state index contributed by atoms with van der Waals surface area (Å²) in [5.74, 6) is 3.96. The average molecular weight is 300 g/mol. The van der Waals surface area contributed by atoms with Crippen LogP contribution in [0.15, 0.2) is 18.2 Å². The molecular weight excluding hydrogens is 268 g/mol. The summed E-state index contributed by atoms with van der Waals surface area (Å²) in [6, 6.07) is 6.12. The minimum absolute atomic E-state index is 0.442. The van der Waals surface area contributed by atoms with Gasteiger partial charge in [0.15, 0.2) is 0 Å². The molecule has 0 amide bonds. The van der Waals surface area contributed by atoms with Gasteiger partial charge in [-0.05, 0) is 90.9 Å². The Balaban J connectivity index is 0.000000693. The van der Waals surface area contributed by atoms with Crippen molar-refractivity contribution < 1.29 is 5.11 Å². The molecular formula is C21H32O. The van der Waals surface area contributed by atoms with Crippen LogP contribution in [0.4, 0.5) is 0 Å². The summed E-state index contributed by atoms with van der Waals surface area (Å²) in [6.45, 7) is 9.05. The van der Waals surface area contributed by atoms with E-state index in [2.05, 4.69) is 19.9 Å². The van der Waals surface area contributed by atoms with E-state index in [9.17, 15) is 5.11 Å². The van der Waals surface area contributed by atoms with E-state index in [1.807, 2.05) is 26.0 Å². The number of phenols is 1. The first-order valence-corrected chi connectivity index (χ1v) is 9.41. The summed E-state index contributed by atoms with van der Waals surface area (Å²) in [4.78, 5) is 0. The Bertz CT molecular complexity index is 535. The second kappa shape index (κ2) is 5.91. The highest BCUT2D eigenvalue weighted by molar-refractivity contribution is 5.40. The van der Waals surface area contributed by atoms with Gasteiger partial charge in [0.2, 0.25) is 0 Å². The summed E-state index contributed by atoms with van der Waals surface area (Å²) in [6.07, 6.45) is 8.17.